The van der Waals surface area contributed by atoms with Crippen LogP contribution < -0.4 is 5.32 Å². The number of pyridine rings is 1. The second-order valence-electron chi connectivity index (χ2n) is 4.79. The second kappa shape index (κ2) is 9.06. The largest absolute Gasteiger partial charge is 0.315 e. The maximum absolute atomic E-state index is 4.39. The van der Waals surface area contributed by atoms with E-state index >= 15 is 0 Å². The summed E-state index contributed by atoms with van der Waals surface area (Å²) >= 11 is 0. The van der Waals surface area contributed by atoms with Gasteiger partial charge >= 0.3 is 0 Å². The molecule has 18 heavy (non-hydrogen) atoms. The van der Waals surface area contributed by atoms with Gasteiger partial charge in [0.2, 0.25) is 0 Å². The van der Waals surface area contributed by atoms with Gasteiger partial charge in [-0.2, -0.15) is 0 Å². The van der Waals surface area contributed by atoms with E-state index in [0.29, 0.717) is 6.04 Å². The highest BCUT2D eigenvalue weighted by atomic mass is 15.1. The number of hydrogen-bond donors (Lipinski definition) is 1. The highest BCUT2D eigenvalue weighted by Gasteiger charge is 2.05. The Morgan fingerprint density at radius 3 is 2.78 bits per heavy atom. The Morgan fingerprint density at radius 2 is 2.17 bits per heavy atom. The Balaban J connectivity index is 2.25. The molecule has 3 heteroatoms. The summed E-state index contributed by atoms with van der Waals surface area (Å²) < 4.78 is 0. The topological polar surface area (TPSA) is 28.2 Å². The van der Waals surface area contributed by atoms with Crippen molar-refractivity contribution in [3.8, 4) is 0 Å². The molecular weight excluding hydrogens is 222 g/mol. The molecule has 1 heterocycles. The lowest BCUT2D eigenvalue weighted by molar-refractivity contribution is 0.266. The van der Waals surface area contributed by atoms with Gasteiger partial charge in [0, 0.05) is 18.8 Å². The zero-order chi connectivity index (χ0) is 13.2. The molecule has 1 unspecified atom stereocenters. The first kappa shape index (κ1) is 15.1. The maximum atomic E-state index is 4.39. The summed E-state index contributed by atoms with van der Waals surface area (Å²) in [5, 5.41) is 3.46. The summed E-state index contributed by atoms with van der Waals surface area (Å²) in [7, 11) is 0. The molecule has 0 amide bonds. The van der Waals surface area contributed by atoms with Crippen LogP contribution >= 0.6 is 0 Å². The molecule has 0 aliphatic carbocycles. The third kappa shape index (κ3) is 6.12. The van der Waals surface area contributed by atoms with Crippen LogP contribution in [0.15, 0.2) is 24.4 Å². The molecule has 0 aliphatic rings. The van der Waals surface area contributed by atoms with Crippen molar-refractivity contribution in [2.75, 3.05) is 19.6 Å². The van der Waals surface area contributed by atoms with Crippen molar-refractivity contribution in [1.29, 1.82) is 0 Å². The highest BCUT2D eigenvalue weighted by molar-refractivity contribution is 5.03. The van der Waals surface area contributed by atoms with E-state index in [-0.39, 0.29) is 0 Å². The van der Waals surface area contributed by atoms with Crippen LogP contribution in [0.25, 0.3) is 0 Å². The van der Waals surface area contributed by atoms with Crippen molar-refractivity contribution in [3.63, 3.8) is 0 Å². The fourth-order valence-corrected chi connectivity index (χ4v) is 2.14. The van der Waals surface area contributed by atoms with Crippen LogP contribution in [0.2, 0.25) is 0 Å². The molecular formula is C15H27N3. The molecule has 0 radical (unpaired) electrons. The average Bonchev–Trinajstić information content (AvgIpc) is 2.39. The lowest BCUT2D eigenvalue weighted by Crippen LogP contribution is -2.29. The zero-order valence-corrected chi connectivity index (χ0v) is 12.0. The molecule has 3 nitrogen and oxygen atoms in total. The summed E-state index contributed by atoms with van der Waals surface area (Å²) in [4.78, 5) is 6.84. The van der Waals surface area contributed by atoms with Gasteiger partial charge in [-0.05, 0) is 51.5 Å². The Bertz CT molecular complexity index is 300. The first-order valence-corrected chi connectivity index (χ1v) is 7.11. The van der Waals surface area contributed by atoms with Gasteiger partial charge in [0.05, 0.1) is 5.69 Å². The number of rotatable bonds is 9. The van der Waals surface area contributed by atoms with Crippen LogP contribution in [0.3, 0.4) is 0 Å². The second-order valence-corrected chi connectivity index (χ2v) is 4.79. The van der Waals surface area contributed by atoms with Crippen molar-refractivity contribution in [2.24, 2.45) is 0 Å². The number of hydrogen-bond acceptors (Lipinski definition) is 3. The summed E-state index contributed by atoms with van der Waals surface area (Å²) in [6.07, 6.45) is 4.36. The molecule has 0 fully saturated rings. The van der Waals surface area contributed by atoms with Gasteiger partial charge in [-0.25, -0.2) is 0 Å². The van der Waals surface area contributed by atoms with Crippen molar-refractivity contribution < 1.29 is 0 Å². The van der Waals surface area contributed by atoms with Crippen LogP contribution in [-0.2, 0) is 6.54 Å². The molecule has 1 aromatic heterocycles. The number of nitrogens with zero attached hydrogens (tertiary/aromatic N) is 2. The normalized spacial score (nSPS) is 12.9. The molecule has 0 saturated heterocycles. The zero-order valence-electron chi connectivity index (χ0n) is 12.0. The third-order valence-corrected chi connectivity index (χ3v) is 3.22. The van der Waals surface area contributed by atoms with Crippen molar-refractivity contribution in [3.05, 3.63) is 30.1 Å². The van der Waals surface area contributed by atoms with E-state index in [1.54, 1.807) is 0 Å². The van der Waals surface area contributed by atoms with Gasteiger partial charge in [-0.3, -0.25) is 9.88 Å². The quantitative estimate of drug-likeness (QED) is 0.729. The van der Waals surface area contributed by atoms with E-state index in [0.717, 1.165) is 26.2 Å². The maximum Gasteiger partial charge on any atom is 0.0543 e. The molecule has 1 N–H and O–H groups in total. The number of nitrogens with one attached hydrogen (secondary N) is 1. The first-order valence-electron chi connectivity index (χ1n) is 7.11. The average molecular weight is 249 g/mol. The number of aromatic nitrogens is 1. The molecule has 102 valence electrons. The molecule has 0 aliphatic heterocycles. The minimum Gasteiger partial charge on any atom is -0.315 e. The fraction of sp³-hybridized carbons (Fsp3) is 0.667. The Morgan fingerprint density at radius 1 is 1.33 bits per heavy atom. The van der Waals surface area contributed by atoms with Crippen LogP contribution in [-0.4, -0.2) is 35.6 Å². The summed E-state index contributed by atoms with van der Waals surface area (Å²) in [6, 6.07) is 6.76. The van der Waals surface area contributed by atoms with E-state index in [1.165, 1.54) is 18.5 Å². The molecule has 0 aromatic carbocycles. The lowest BCUT2D eigenvalue weighted by Gasteiger charge is -2.21. The molecule has 1 aromatic rings. The molecule has 1 atom stereocenters. The summed E-state index contributed by atoms with van der Waals surface area (Å²) in [5.74, 6) is 0. The standard InChI is InChI=1S/C15H27N3/c1-4-16-14(3)9-8-12-18(5-2)13-15-10-6-7-11-17-15/h6-7,10-11,14,16H,4-5,8-9,12-13H2,1-3H3. The molecule has 0 saturated carbocycles. The molecule has 0 bridgehead atoms. The fourth-order valence-electron chi connectivity index (χ4n) is 2.14. The predicted octanol–water partition coefficient (Wildman–Crippen LogP) is 2.68. The minimum absolute atomic E-state index is 0.628. The Kier molecular flexibility index (Phi) is 7.62. The van der Waals surface area contributed by atoms with Crippen molar-refractivity contribution in [2.45, 2.75) is 46.2 Å². The third-order valence-electron chi connectivity index (χ3n) is 3.22. The predicted molar refractivity (Wildman–Crippen MR) is 77.6 cm³/mol. The molecule has 0 spiro atoms. The van der Waals surface area contributed by atoms with Crippen LogP contribution in [0.4, 0.5) is 0 Å². The van der Waals surface area contributed by atoms with Gasteiger partial charge < -0.3 is 5.32 Å². The summed E-state index contributed by atoms with van der Waals surface area (Å²) in [6.45, 7) is 10.9. The van der Waals surface area contributed by atoms with Crippen LogP contribution in [0.1, 0.15) is 39.3 Å². The van der Waals surface area contributed by atoms with Gasteiger partial charge in [-0.15, -0.1) is 0 Å². The van der Waals surface area contributed by atoms with E-state index in [2.05, 4.69) is 48.1 Å². The monoisotopic (exact) mass is 249 g/mol. The van der Waals surface area contributed by atoms with Gasteiger partial charge in [-0.1, -0.05) is 19.9 Å². The SMILES string of the molecule is CCNC(C)CCCN(CC)Cc1ccccn1. The highest BCUT2D eigenvalue weighted by Crippen LogP contribution is 2.04. The summed E-state index contributed by atoms with van der Waals surface area (Å²) in [5.41, 5.74) is 1.17. The van der Waals surface area contributed by atoms with Crippen LogP contribution in [0.5, 0.6) is 0 Å². The lowest BCUT2D eigenvalue weighted by atomic mass is 10.1. The van der Waals surface area contributed by atoms with Gasteiger partial charge in [0.1, 0.15) is 0 Å². The van der Waals surface area contributed by atoms with Gasteiger partial charge in [0.25, 0.3) is 0 Å². The first-order chi connectivity index (χ1) is 8.76. The minimum atomic E-state index is 0.628. The van der Waals surface area contributed by atoms with E-state index in [9.17, 15) is 0 Å². The Hall–Kier alpha value is -0.930. The van der Waals surface area contributed by atoms with Gasteiger partial charge in [0.15, 0.2) is 0 Å². The van der Waals surface area contributed by atoms with E-state index < -0.39 is 0 Å². The van der Waals surface area contributed by atoms with Crippen molar-refractivity contribution >= 4 is 0 Å². The van der Waals surface area contributed by atoms with Crippen LogP contribution in [0, 0.1) is 0 Å². The van der Waals surface area contributed by atoms with Crippen molar-refractivity contribution in [1.82, 2.24) is 15.2 Å². The van der Waals surface area contributed by atoms with E-state index in [1.807, 2.05) is 12.3 Å². The smallest absolute Gasteiger partial charge is 0.0543 e. The van der Waals surface area contributed by atoms with E-state index in [4.69, 9.17) is 0 Å². The molecule has 1 rings (SSSR count). The Labute approximate surface area is 112 Å².